The van der Waals surface area contributed by atoms with E-state index in [9.17, 15) is 5.11 Å². The summed E-state index contributed by atoms with van der Waals surface area (Å²) in [7, 11) is 0. The first-order valence-corrected chi connectivity index (χ1v) is 7.99. The molecule has 0 fully saturated rings. The van der Waals surface area contributed by atoms with E-state index in [1.807, 2.05) is 26.0 Å². The zero-order valence-corrected chi connectivity index (χ0v) is 14.1. The van der Waals surface area contributed by atoms with Crippen molar-refractivity contribution < 1.29 is 9.84 Å². The van der Waals surface area contributed by atoms with Crippen molar-refractivity contribution >= 4 is 0 Å². The monoisotopic (exact) mass is 293 g/mol. The van der Waals surface area contributed by atoms with Crippen LogP contribution in [0.25, 0.3) is 0 Å². The minimum absolute atomic E-state index is 0.326. The Morgan fingerprint density at radius 3 is 2.24 bits per heavy atom. The highest BCUT2D eigenvalue weighted by atomic mass is 16.5. The Bertz CT molecular complexity index is 397. The lowest BCUT2D eigenvalue weighted by atomic mass is 10.0. The number of benzene rings is 1. The molecule has 0 unspecified atom stereocenters. The molecule has 0 aliphatic carbocycles. The highest BCUT2D eigenvalue weighted by Crippen LogP contribution is 2.16. The molecule has 2 N–H and O–H groups in total. The van der Waals surface area contributed by atoms with Crippen LogP contribution in [0.5, 0.6) is 5.75 Å². The molecule has 0 amide bonds. The molecule has 0 aliphatic rings. The first-order chi connectivity index (χ1) is 9.86. The van der Waals surface area contributed by atoms with E-state index in [-0.39, 0.29) is 0 Å². The van der Waals surface area contributed by atoms with Crippen LogP contribution in [0.4, 0.5) is 0 Å². The highest BCUT2D eigenvalue weighted by Gasteiger charge is 2.09. The van der Waals surface area contributed by atoms with Crippen LogP contribution in [0, 0.1) is 19.8 Å². The SMILES string of the molecule is Cc1cc(C)cc(OC[C@H](O)CN[C@@H](C)CCC(C)C)c1. The number of hydrogen-bond donors (Lipinski definition) is 2. The molecule has 0 aliphatic heterocycles. The van der Waals surface area contributed by atoms with Gasteiger partial charge in [-0.25, -0.2) is 0 Å². The second kappa shape index (κ2) is 9.06. The lowest BCUT2D eigenvalue weighted by Crippen LogP contribution is -2.36. The molecule has 0 heterocycles. The summed E-state index contributed by atoms with van der Waals surface area (Å²) in [6.07, 6.45) is 1.87. The summed E-state index contributed by atoms with van der Waals surface area (Å²) >= 11 is 0. The van der Waals surface area contributed by atoms with Gasteiger partial charge in [-0.15, -0.1) is 0 Å². The lowest BCUT2D eigenvalue weighted by Gasteiger charge is -2.18. The Kier molecular flexibility index (Phi) is 7.76. The van der Waals surface area contributed by atoms with Crippen molar-refractivity contribution in [2.75, 3.05) is 13.2 Å². The van der Waals surface area contributed by atoms with Gasteiger partial charge in [0.15, 0.2) is 0 Å². The van der Waals surface area contributed by atoms with Crippen molar-refractivity contribution in [2.24, 2.45) is 5.92 Å². The molecule has 0 saturated heterocycles. The van der Waals surface area contributed by atoms with E-state index in [1.54, 1.807) is 0 Å². The van der Waals surface area contributed by atoms with E-state index < -0.39 is 6.10 Å². The van der Waals surface area contributed by atoms with E-state index in [4.69, 9.17) is 4.74 Å². The zero-order chi connectivity index (χ0) is 15.8. The van der Waals surface area contributed by atoms with Crippen molar-refractivity contribution in [3.05, 3.63) is 29.3 Å². The fourth-order valence-electron chi connectivity index (χ4n) is 2.29. The first-order valence-electron chi connectivity index (χ1n) is 7.99. The van der Waals surface area contributed by atoms with Gasteiger partial charge in [-0.05, 0) is 62.8 Å². The van der Waals surface area contributed by atoms with Crippen LogP contribution in [-0.2, 0) is 0 Å². The number of rotatable bonds is 9. The fraction of sp³-hybridized carbons (Fsp3) is 0.667. The number of hydrogen-bond acceptors (Lipinski definition) is 3. The summed E-state index contributed by atoms with van der Waals surface area (Å²) in [6, 6.07) is 6.54. The summed E-state index contributed by atoms with van der Waals surface area (Å²) in [4.78, 5) is 0. The highest BCUT2D eigenvalue weighted by molar-refractivity contribution is 5.32. The molecule has 0 bridgehead atoms. The fourth-order valence-corrected chi connectivity index (χ4v) is 2.29. The molecule has 0 spiro atoms. The van der Waals surface area contributed by atoms with Crippen molar-refractivity contribution in [1.82, 2.24) is 5.32 Å². The second-order valence-corrected chi connectivity index (χ2v) is 6.57. The molecule has 3 nitrogen and oxygen atoms in total. The van der Waals surface area contributed by atoms with Crippen LogP contribution < -0.4 is 10.1 Å². The molecule has 1 aromatic carbocycles. The van der Waals surface area contributed by atoms with Crippen LogP contribution in [-0.4, -0.2) is 30.4 Å². The van der Waals surface area contributed by atoms with Crippen LogP contribution in [0.2, 0.25) is 0 Å². The largest absolute Gasteiger partial charge is 0.491 e. The van der Waals surface area contributed by atoms with Crippen LogP contribution >= 0.6 is 0 Å². The van der Waals surface area contributed by atoms with Crippen molar-refractivity contribution in [3.8, 4) is 5.75 Å². The van der Waals surface area contributed by atoms with Gasteiger partial charge in [-0.2, -0.15) is 0 Å². The molecule has 0 saturated carbocycles. The van der Waals surface area contributed by atoms with E-state index in [0.29, 0.717) is 19.2 Å². The summed E-state index contributed by atoms with van der Waals surface area (Å²) in [5.74, 6) is 1.56. The van der Waals surface area contributed by atoms with Crippen LogP contribution in [0.1, 0.15) is 44.7 Å². The number of ether oxygens (including phenoxy) is 1. The third kappa shape index (κ3) is 8.08. The summed E-state index contributed by atoms with van der Waals surface area (Å²) in [6.45, 7) is 11.6. The van der Waals surface area contributed by atoms with Gasteiger partial charge in [0.1, 0.15) is 18.5 Å². The molecule has 120 valence electrons. The quantitative estimate of drug-likeness (QED) is 0.732. The number of aliphatic hydroxyl groups is 1. The van der Waals surface area contributed by atoms with Crippen molar-refractivity contribution in [3.63, 3.8) is 0 Å². The predicted molar refractivity (Wildman–Crippen MR) is 89.0 cm³/mol. The van der Waals surface area contributed by atoms with E-state index in [0.717, 1.165) is 18.1 Å². The Balaban J connectivity index is 2.26. The van der Waals surface area contributed by atoms with E-state index >= 15 is 0 Å². The molecular weight excluding hydrogens is 262 g/mol. The average molecular weight is 293 g/mol. The van der Waals surface area contributed by atoms with Gasteiger partial charge in [0, 0.05) is 12.6 Å². The van der Waals surface area contributed by atoms with Gasteiger partial charge in [0.2, 0.25) is 0 Å². The molecule has 21 heavy (non-hydrogen) atoms. The molecule has 0 aromatic heterocycles. The normalized spacial score (nSPS) is 14.2. The van der Waals surface area contributed by atoms with E-state index in [2.05, 4.69) is 32.2 Å². The maximum absolute atomic E-state index is 9.99. The van der Waals surface area contributed by atoms with Crippen molar-refractivity contribution in [1.29, 1.82) is 0 Å². The summed E-state index contributed by atoms with van der Waals surface area (Å²) in [5.41, 5.74) is 2.36. The van der Waals surface area contributed by atoms with Gasteiger partial charge in [0.05, 0.1) is 0 Å². The molecular formula is C18H31NO2. The summed E-state index contributed by atoms with van der Waals surface area (Å²) in [5, 5.41) is 13.4. The number of nitrogens with one attached hydrogen (secondary N) is 1. The third-order valence-corrected chi connectivity index (χ3v) is 3.52. The third-order valence-electron chi connectivity index (χ3n) is 3.52. The Labute approximate surface area is 129 Å². The van der Waals surface area contributed by atoms with Crippen molar-refractivity contribution in [2.45, 2.75) is 59.6 Å². The molecule has 2 atom stereocenters. The topological polar surface area (TPSA) is 41.5 Å². The minimum Gasteiger partial charge on any atom is -0.491 e. The molecule has 1 aromatic rings. The Morgan fingerprint density at radius 1 is 1.05 bits per heavy atom. The molecule has 3 heteroatoms. The smallest absolute Gasteiger partial charge is 0.119 e. The average Bonchev–Trinajstić information content (AvgIpc) is 2.39. The standard InChI is InChI=1S/C18H31NO2/c1-13(2)6-7-16(5)19-11-17(20)12-21-18-9-14(3)8-15(4)10-18/h8-10,13,16-17,19-20H,6-7,11-12H2,1-5H3/t16-,17+/m0/s1. The summed E-state index contributed by atoms with van der Waals surface area (Å²) < 4.78 is 5.67. The maximum Gasteiger partial charge on any atom is 0.119 e. The van der Waals surface area contributed by atoms with Gasteiger partial charge in [-0.1, -0.05) is 19.9 Å². The van der Waals surface area contributed by atoms with Gasteiger partial charge in [-0.3, -0.25) is 0 Å². The van der Waals surface area contributed by atoms with Gasteiger partial charge in [0.25, 0.3) is 0 Å². The first kappa shape index (κ1) is 18.0. The number of aryl methyl sites for hydroxylation is 2. The lowest BCUT2D eigenvalue weighted by molar-refractivity contribution is 0.103. The van der Waals surface area contributed by atoms with Crippen LogP contribution in [0.15, 0.2) is 18.2 Å². The van der Waals surface area contributed by atoms with Crippen LogP contribution in [0.3, 0.4) is 0 Å². The van der Waals surface area contributed by atoms with Gasteiger partial charge >= 0.3 is 0 Å². The molecule has 0 radical (unpaired) electrons. The second-order valence-electron chi connectivity index (χ2n) is 6.57. The maximum atomic E-state index is 9.99. The van der Waals surface area contributed by atoms with Gasteiger partial charge < -0.3 is 15.2 Å². The minimum atomic E-state index is -0.479. The van der Waals surface area contributed by atoms with E-state index in [1.165, 1.54) is 17.5 Å². The Hall–Kier alpha value is -1.06. The molecule has 1 rings (SSSR count). The number of aliphatic hydroxyl groups excluding tert-OH is 1. The zero-order valence-electron chi connectivity index (χ0n) is 14.1. The predicted octanol–water partition coefficient (Wildman–Crippen LogP) is 3.46. The Morgan fingerprint density at radius 2 is 1.67 bits per heavy atom.